The molecule has 1 heterocycles. The molecule has 0 radical (unpaired) electrons. The van der Waals surface area contributed by atoms with Crippen molar-refractivity contribution < 1.29 is 9.59 Å². The standard InChI is InChI=1S/C24H19N3O2S/c1-16(28)17-11-13-19(14-12-17)25-22(29)15-30-24-21-10-6-5-9-20(21)23(26-27-24)18-7-3-2-4-8-18/h2-14H,15H2,1H3,(H,25,29). The van der Waals surface area contributed by atoms with Crippen LogP contribution in [0.1, 0.15) is 17.3 Å². The van der Waals surface area contributed by atoms with Crippen molar-refractivity contribution in [3.63, 3.8) is 0 Å². The second kappa shape index (κ2) is 8.88. The lowest BCUT2D eigenvalue weighted by atomic mass is 10.1. The monoisotopic (exact) mass is 413 g/mol. The lowest BCUT2D eigenvalue weighted by Gasteiger charge is -2.09. The van der Waals surface area contributed by atoms with Gasteiger partial charge in [-0.2, -0.15) is 0 Å². The maximum absolute atomic E-state index is 12.4. The molecule has 0 aliphatic rings. The fourth-order valence-electron chi connectivity index (χ4n) is 3.11. The Hall–Kier alpha value is -3.51. The molecule has 3 aromatic carbocycles. The second-order valence-electron chi connectivity index (χ2n) is 6.74. The van der Waals surface area contributed by atoms with Gasteiger partial charge in [0, 0.05) is 27.6 Å². The zero-order valence-electron chi connectivity index (χ0n) is 16.3. The average Bonchev–Trinajstić information content (AvgIpc) is 2.78. The Kier molecular flexibility index (Phi) is 5.86. The third-order valence-corrected chi connectivity index (χ3v) is 5.60. The number of aromatic nitrogens is 2. The Balaban J connectivity index is 1.50. The molecule has 0 bridgehead atoms. The molecule has 148 valence electrons. The van der Waals surface area contributed by atoms with E-state index in [1.165, 1.54) is 18.7 Å². The van der Waals surface area contributed by atoms with Crippen LogP contribution < -0.4 is 5.32 Å². The first-order chi connectivity index (χ1) is 14.6. The molecule has 0 saturated carbocycles. The summed E-state index contributed by atoms with van der Waals surface area (Å²) in [6.07, 6.45) is 0. The molecule has 30 heavy (non-hydrogen) atoms. The van der Waals surface area contributed by atoms with Gasteiger partial charge in [0.1, 0.15) is 10.7 Å². The number of nitrogens with one attached hydrogen (secondary N) is 1. The number of rotatable bonds is 6. The number of hydrogen-bond donors (Lipinski definition) is 1. The summed E-state index contributed by atoms with van der Waals surface area (Å²) in [6, 6.07) is 24.7. The van der Waals surface area contributed by atoms with Gasteiger partial charge < -0.3 is 5.32 Å². The number of amides is 1. The molecule has 6 heteroatoms. The third-order valence-electron chi connectivity index (χ3n) is 4.62. The van der Waals surface area contributed by atoms with Gasteiger partial charge in [-0.05, 0) is 31.2 Å². The minimum Gasteiger partial charge on any atom is -0.325 e. The van der Waals surface area contributed by atoms with Crippen molar-refractivity contribution in [2.75, 3.05) is 11.1 Å². The molecule has 0 unspecified atom stereocenters. The number of carbonyl (C=O) groups is 2. The minimum absolute atomic E-state index is 0.00664. The number of benzene rings is 3. The lowest BCUT2D eigenvalue weighted by molar-refractivity contribution is -0.113. The SMILES string of the molecule is CC(=O)c1ccc(NC(=O)CSc2nnc(-c3ccccc3)c3ccccc23)cc1. The molecule has 1 N–H and O–H groups in total. The normalized spacial score (nSPS) is 10.7. The van der Waals surface area contributed by atoms with Crippen LogP contribution in [-0.4, -0.2) is 27.6 Å². The molecule has 0 atom stereocenters. The van der Waals surface area contributed by atoms with Crippen LogP contribution in [-0.2, 0) is 4.79 Å². The van der Waals surface area contributed by atoms with E-state index in [9.17, 15) is 9.59 Å². The largest absolute Gasteiger partial charge is 0.325 e. The number of carbonyl (C=O) groups excluding carboxylic acids is 2. The fraction of sp³-hybridized carbons (Fsp3) is 0.0833. The first-order valence-electron chi connectivity index (χ1n) is 9.46. The highest BCUT2D eigenvalue weighted by Gasteiger charge is 2.13. The summed E-state index contributed by atoms with van der Waals surface area (Å²) in [4.78, 5) is 23.7. The van der Waals surface area contributed by atoms with Gasteiger partial charge >= 0.3 is 0 Å². The molecule has 0 aliphatic carbocycles. The minimum atomic E-state index is -0.145. The van der Waals surface area contributed by atoms with Gasteiger partial charge in [0.25, 0.3) is 0 Å². The van der Waals surface area contributed by atoms with Crippen molar-refractivity contribution in [3.8, 4) is 11.3 Å². The van der Waals surface area contributed by atoms with Crippen molar-refractivity contribution in [3.05, 3.63) is 84.4 Å². The summed E-state index contributed by atoms with van der Waals surface area (Å²) in [7, 11) is 0. The number of anilines is 1. The first-order valence-corrected chi connectivity index (χ1v) is 10.4. The van der Waals surface area contributed by atoms with Crippen LogP contribution >= 0.6 is 11.8 Å². The fourth-order valence-corrected chi connectivity index (χ4v) is 3.89. The van der Waals surface area contributed by atoms with Gasteiger partial charge in [-0.1, -0.05) is 66.4 Å². The van der Waals surface area contributed by atoms with Crippen molar-refractivity contribution >= 4 is 39.9 Å². The molecule has 1 amide bonds. The Labute approximate surface area is 178 Å². The molecule has 0 saturated heterocycles. The van der Waals surface area contributed by atoms with Gasteiger partial charge in [-0.3, -0.25) is 9.59 Å². The van der Waals surface area contributed by atoms with Crippen LogP contribution in [0, 0.1) is 0 Å². The number of Topliss-reactive ketones (excluding diaryl/α,β-unsaturated/α-hetero) is 1. The Morgan fingerprint density at radius 1 is 0.833 bits per heavy atom. The molecule has 0 spiro atoms. The van der Waals surface area contributed by atoms with Crippen LogP contribution in [0.2, 0.25) is 0 Å². The molecule has 4 aromatic rings. The number of thioether (sulfide) groups is 1. The van der Waals surface area contributed by atoms with Crippen molar-refractivity contribution in [1.29, 1.82) is 0 Å². The summed E-state index contributed by atoms with van der Waals surface area (Å²) in [5.41, 5.74) is 3.10. The number of hydrogen-bond acceptors (Lipinski definition) is 5. The van der Waals surface area contributed by atoms with Gasteiger partial charge in [-0.15, -0.1) is 10.2 Å². The van der Waals surface area contributed by atoms with Crippen molar-refractivity contribution in [2.45, 2.75) is 11.9 Å². The molecule has 5 nitrogen and oxygen atoms in total. The summed E-state index contributed by atoms with van der Waals surface area (Å²) in [5.74, 6) is 0.0547. The zero-order valence-corrected chi connectivity index (χ0v) is 17.1. The Bertz CT molecular complexity index is 1210. The topological polar surface area (TPSA) is 72.0 Å². The van der Waals surface area contributed by atoms with E-state index in [4.69, 9.17) is 0 Å². The van der Waals surface area contributed by atoms with E-state index in [1.807, 2.05) is 54.6 Å². The summed E-state index contributed by atoms with van der Waals surface area (Å²) < 4.78 is 0. The van der Waals surface area contributed by atoms with Gasteiger partial charge in [0.05, 0.1) is 5.75 Å². The van der Waals surface area contributed by atoms with Crippen LogP contribution in [0.15, 0.2) is 83.9 Å². The predicted octanol–water partition coefficient (Wildman–Crippen LogP) is 5.23. The second-order valence-corrected chi connectivity index (χ2v) is 7.70. The summed E-state index contributed by atoms with van der Waals surface area (Å²) in [5, 5.41) is 14.3. The number of fused-ring (bicyclic) bond motifs is 1. The van der Waals surface area contributed by atoms with Crippen LogP contribution in [0.3, 0.4) is 0 Å². The van der Waals surface area contributed by atoms with E-state index in [2.05, 4.69) is 15.5 Å². The summed E-state index contributed by atoms with van der Waals surface area (Å²) in [6.45, 7) is 1.51. The number of ketones is 1. The van der Waals surface area contributed by atoms with Crippen molar-refractivity contribution in [2.24, 2.45) is 0 Å². The van der Waals surface area contributed by atoms with E-state index in [0.29, 0.717) is 16.3 Å². The van der Waals surface area contributed by atoms with Gasteiger partial charge in [-0.25, -0.2) is 0 Å². The molecule has 0 aliphatic heterocycles. The quantitative estimate of drug-likeness (QED) is 0.346. The average molecular weight is 414 g/mol. The van der Waals surface area contributed by atoms with E-state index in [0.717, 1.165) is 22.0 Å². The van der Waals surface area contributed by atoms with E-state index >= 15 is 0 Å². The van der Waals surface area contributed by atoms with E-state index < -0.39 is 0 Å². The van der Waals surface area contributed by atoms with Gasteiger partial charge in [0.2, 0.25) is 5.91 Å². The van der Waals surface area contributed by atoms with E-state index in [-0.39, 0.29) is 17.4 Å². The first kappa shape index (κ1) is 19.8. The van der Waals surface area contributed by atoms with Crippen LogP contribution in [0.5, 0.6) is 0 Å². The highest BCUT2D eigenvalue weighted by Crippen LogP contribution is 2.31. The highest BCUT2D eigenvalue weighted by atomic mass is 32.2. The molecule has 0 fully saturated rings. The molecular formula is C24H19N3O2S. The number of nitrogens with zero attached hydrogens (tertiary/aromatic N) is 2. The molecular weight excluding hydrogens is 394 g/mol. The highest BCUT2D eigenvalue weighted by molar-refractivity contribution is 8.00. The van der Waals surface area contributed by atoms with Crippen LogP contribution in [0.25, 0.3) is 22.0 Å². The van der Waals surface area contributed by atoms with Crippen molar-refractivity contribution in [1.82, 2.24) is 10.2 Å². The molecule has 1 aromatic heterocycles. The predicted molar refractivity (Wildman–Crippen MR) is 121 cm³/mol. The smallest absolute Gasteiger partial charge is 0.234 e. The Morgan fingerprint density at radius 3 is 2.20 bits per heavy atom. The maximum atomic E-state index is 12.4. The maximum Gasteiger partial charge on any atom is 0.234 e. The third kappa shape index (κ3) is 4.39. The zero-order chi connectivity index (χ0) is 20.9. The lowest BCUT2D eigenvalue weighted by Crippen LogP contribution is -2.14. The Morgan fingerprint density at radius 2 is 1.50 bits per heavy atom. The summed E-state index contributed by atoms with van der Waals surface area (Å²) >= 11 is 1.35. The van der Waals surface area contributed by atoms with E-state index in [1.54, 1.807) is 24.3 Å². The van der Waals surface area contributed by atoms with Crippen LogP contribution in [0.4, 0.5) is 5.69 Å². The molecule has 4 rings (SSSR count). The van der Waals surface area contributed by atoms with Gasteiger partial charge in [0.15, 0.2) is 5.78 Å².